The molecule has 3 rings (SSSR count). The molecule has 1 aromatic heterocycles. The Bertz CT molecular complexity index is 1020. The van der Waals surface area contributed by atoms with Gasteiger partial charge in [0.25, 0.3) is 0 Å². The number of aryl methyl sites for hydroxylation is 1. The number of carbonyl (C=O) groups excluding carboxylic acids is 1. The van der Waals surface area contributed by atoms with E-state index in [-0.39, 0.29) is 23.5 Å². The fourth-order valence-electron chi connectivity index (χ4n) is 2.87. The average Bonchev–Trinajstić information content (AvgIpc) is 2.68. The zero-order valence-electron chi connectivity index (χ0n) is 15.2. The summed E-state index contributed by atoms with van der Waals surface area (Å²) in [6, 6.07) is 13.3. The number of benzene rings is 2. The molecule has 3 aromatic rings. The van der Waals surface area contributed by atoms with Gasteiger partial charge in [-0.05, 0) is 29.8 Å². The maximum atomic E-state index is 12.4. The van der Waals surface area contributed by atoms with Crippen LogP contribution in [-0.2, 0) is 17.9 Å². The molecule has 0 bridgehead atoms. The van der Waals surface area contributed by atoms with Crippen molar-refractivity contribution in [3.05, 3.63) is 70.5 Å². The van der Waals surface area contributed by atoms with Crippen molar-refractivity contribution in [2.75, 3.05) is 7.05 Å². The maximum absolute atomic E-state index is 12.4. The molecule has 0 fully saturated rings. The number of aromatic nitrogens is 2. The Morgan fingerprint density at radius 3 is 2.61 bits per heavy atom. The summed E-state index contributed by atoms with van der Waals surface area (Å²) in [5.74, 6) is -0.0265. The van der Waals surface area contributed by atoms with Crippen LogP contribution in [0.5, 0.6) is 5.75 Å². The average molecular weight is 387 g/mol. The smallest absolute Gasteiger partial charge is 0.387 e. The van der Waals surface area contributed by atoms with E-state index in [0.29, 0.717) is 24.0 Å². The first kappa shape index (κ1) is 19.5. The lowest BCUT2D eigenvalue weighted by molar-refractivity contribution is -0.130. The second-order valence-corrected chi connectivity index (χ2v) is 6.27. The number of rotatable bonds is 7. The molecule has 8 heteroatoms. The van der Waals surface area contributed by atoms with Crippen LogP contribution >= 0.6 is 0 Å². The third-order valence-electron chi connectivity index (χ3n) is 4.29. The molecule has 146 valence electrons. The number of hydrogen-bond acceptors (Lipinski definition) is 4. The minimum atomic E-state index is -2.87. The Hall–Kier alpha value is -3.29. The summed E-state index contributed by atoms with van der Waals surface area (Å²) in [6.07, 6.45) is 1.46. The van der Waals surface area contributed by atoms with E-state index in [2.05, 4.69) is 9.84 Å². The number of amides is 1. The van der Waals surface area contributed by atoms with Crippen molar-refractivity contribution < 1.29 is 18.3 Å². The van der Waals surface area contributed by atoms with Crippen LogP contribution in [0.15, 0.2) is 59.5 Å². The molecule has 0 N–H and O–H groups in total. The molecular weight excluding hydrogens is 368 g/mol. The lowest BCUT2D eigenvalue weighted by atomic mass is 10.2. The summed E-state index contributed by atoms with van der Waals surface area (Å²) in [5.41, 5.74) is 1.32. The highest BCUT2D eigenvalue weighted by Gasteiger charge is 2.12. The van der Waals surface area contributed by atoms with Crippen molar-refractivity contribution in [1.82, 2.24) is 14.7 Å². The van der Waals surface area contributed by atoms with Crippen molar-refractivity contribution in [2.45, 2.75) is 26.1 Å². The third kappa shape index (κ3) is 4.70. The number of para-hydroxylation sites is 1. The van der Waals surface area contributed by atoms with Gasteiger partial charge in [0, 0.05) is 25.4 Å². The molecule has 1 heterocycles. The maximum Gasteiger partial charge on any atom is 0.387 e. The number of fused-ring (bicyclic) bond motifs is 1. The fraction of sp³-hybridized carbons (Fsp3) is 0.250. The van der Waals surface area contributed by atoms with Gasteiger partial charge in [-0.3, -0.25) is 14.3 Å². The standard InChI is InChI=1S/C20H19F2N3O3/c1-24(13-14-6-8-15(9-7-14)28-20(21)22)19(27)10-11-25-17-5-3-2-4-16(17)18(26)12-23-25/h2-9,12,20H,10-11,13H2,1H3. The van der Waals surface area contributed by atoms with Gasteiger partial charge in [0.2, 0.25) is 11.3 Å². The predicted molar refractivity (Wildman–Crippen MR) is 100 cm³/mol. The van der Waals surface area contributed by atoms with Crippen molar-refractivity contribution in [3.63, 3.8) is 0 Å². The summed E-state index contributed by atoms with van der Waals surface area (Å²) in [4.78, 5) is 25.8. The summed E-state index contributed by atoms with van der Waals surface area (Å²) in [6.45, 7) is -2.19. The molecule has 0 radical (unpaired) electrons. The van der Waals surface area contributed by atoms with E-state index in [1.54, 1.807) is 47.0 Å². The minimum absolute atomic E-state index is 0.0731. The highest BCUT2D eigenvalue weighted by molar-refractivity contribution is 5.79. The molecule has 0 spiro atoms. The van der Waals surface area contributed by atoms with Crippen LogP contribution in [0.4, 0.5) is 8.78 Å². The lowest BCUT2D eigenvalue weighted by Gasteiger charge is -2.18. The normalized spacial score (nSPS) is 11.0. The number of carbonyl (C=O) groups is 1. The van der Waals surface area contributed by atoms with Gasteiger partial charge in [0.15, 0.2) is 0 Å². The molecule has 0 aliphatic carbocycles. The molecule has 0 aliphatic heterocycles. The SMILES string of the molecule is CN(Cc1ccc(OC(F)F)cc1)C(=O)CCn1ncc(=O)c2ccccc21. The first-order chi connectivity index (χ1) is 13.4. The highest BCUT2D eigenvalue weighted by atomic mass is 19.3. The van der Waals surface area contributed by atoms with Gasteiger partial charge in [0.05, 0.1) is 18.3 Å². The molecule has 0 saturated carbocycles. The molecule has 0 saturated heterocycles. The van der Waals surface area contributed by atoms with Gasteiger partial charge in [0.1, 0.15) is 5.75 Å². The predicted octanol–water partition coefficient (Wildman–Crippen LogP) is 3.05. The second-order valence-electron chi connectivity index (χ2n) is 6.27. The molecule has 6 nitrogen and oxygen atoms in total. The van der Waals surface area contributed by atoms with Gasteiger partial charge in [-0.15, -0.1) is 0 Å². The van der Waals surface area contributed by atoms with E-state index in [4.69, 9.17) is 0 Å². The van der Waals surface area contributed by atoms with Crippen LogP contribution in [0, 0.1) is 0 Å². The zero-order chi connectivity index (χ0) is 20.1. The van der Waals surface area contributed by atoms with E-state index in [1.165, 1.54) is 18.3 Å². The number of ether oxygens (including phenoxy) is 1. The molecule has 0 unspecified atom stereocenters. The van der Waals surface area contributed by atoms with Gasteiger partial charge in [-0.25, -0.2) is 0 Å². The molecular formula is C20H19F2N3O3. The first-order valence-corrected chi connectivity index (χ1v) is 8.66. The van der Waals surface area contributed by atoms with Gasteiger partial charge >= 0.3 is 6.61 Å². The van der Waals surface area contributed by atoms with Crippen LogP contribution in [0.2, 0.25) is 0 Å². The van der Waals surface area contributed by atoms with Crippen molar-refractivity contribution in [1.29, 1.82) is 0 Å². The molecule has 1 amide bonds. The topological polar surface area (TPSA) is 64.4 Å². The lowest BCUT2D eigenvalue weighted by Crippen LogP contribution is -2.27. The Kier molecular flexibility index (Phi) is 5.98. The largest absolute Gasteiger partial charge is 0.435 e. The Balaban J connectivity index is 1.61. The van der Waals surface area contributed by atoms with Crippen molar-refractivity contribution in [2.24, 2.45) is 0 Å². The monoisotopic (exact) mass is 387 g/mol. The number of nitrogens with zero attached hydrogens (tertiary/aromatic N) is 3. The Morgan fingerprint density at radius 1 is 1.18 bits per heavy atom. The van der Waals surface area contributed by atoms with Crippen LogP contribution in [0.1, 0.15) is 12.0 Å². The van der Waals surface area contributed by atoms with Gasteiger partial charge < -0.3 is 9.64 Å². The van der Waals surface area contributed by atoms with E-state index in [0.717, 1.165) is 5.56 Å². The molecule has 0 atom stereocenters. The second kappa shape index (κ2) is 8.60. The summed E-state index contributed by atoms with van der Waals surface area (Å²) in [5, 5.41) is 4.67. The molecule has 2 aromatic carbocycles. The number of hydrogen-bond donors (Lipinski definition) is 0. The Morgan fingerprint density at radius 2 is 1.89 bits per heavy atom. The summed E-state index contributed by atoms with van der Waals surface area (Å²) >= 11 is 0. The van der Waals surface area contributed by atoms with Crippen LogP contribution in [0.3, 0.4) is 0 Å². The van der Waals surface area contributed by atoms with E-state index in [1.807, 2.05) is 6.07 Å². The van der Waals surface area contributed by atoms with E-state index in [9.17, 15) is 18.4 Å². The zero-order valence-corrected chi connectivity index (χ0v) is 15.2. The van der Waals surface area contributed by atoms with Crippen molar-refractivity contribution in [3.8, 4) is 5.75 Å². The van der Waals surface area contributed by atoms with E-state index >= 15 is 0 Å². The first-order valence-electron chi connectivity index (χ1n) is 8.66. The Labute approximate surface area is 160 Å². The minimum Gasteiger partial charge on any atom is -0.435 e. The number of halogens is 2. The summed E-state index contributed by atoms with van der Waals surface area (Å²) in [7, 11) is 1.67. The quantitative estimate of drug-likeness (QED) is 0.625. The van der Waals surface area contributed by atoms with Crippen molar-refractivity contribution >= 4 is 16.8 Å². The highest BCUT2D eigenvalue weighted by Crippen LogP contribution is 2.16. The number of alkyl halides is 2. The fourth-order valence-corrected chi connectivity index (χ4v) is 2.87. The van der Waals surface area contributed by atoms with Crippen LogP contribution < -0.4 is 10.2 Å². The molecule has 28 heavy (non-hydrogen) atoms. The van der Waals surface area contributed by atoms with Gasteiger partial charge in [-0.2, -0.15) is 13.9 Å². The van der Waals surface area contributed by atoms with Crippen LogP contribution in [-0.4, -0.2) is 34.2 Å². The van der Waals surface area contributed by atoms with Gasteiger partial charge in [-0.1, -0.05) is 24.3 Å². The third-order valence-corrected chi connectivity index (χ3v) is 4.29. The summed E-state index contributed by atoms with van der Waals surface area (Å²) < 4.78 is 30.3. The molecule has 0 aliphatic rings. The van der Waals surface area contributed by atoms with E-state index < -0.39 is 6.61 Å². The van der Waals surface area contributed by atoms with Crippen LogP contribution in [0.25, 0.3) is 10.9 Å².